The first-order valence-electron chi connectivity index (χ1n) is 9.80. The van der Waals surface area contributed by atoms with Crippen molar-refractivity contribution >= 4 is 16.8 Å². The fraction of sp³-hybridized carbons (Fsp3) is 0.364. The van der Waals surface area contributed by atoms with Gasteiger partial charge >= 0.3 is 0 Å². The predicted octanol–water partition coefficient (Wildman–Crippen LogP) is 3.34. The van der Waals surface area contributed by atoms with Crippen molar-refractivity contribution in [2.45, 2.75) is 39.2 Å². The Morgan fingerprint density at radius 3 is 2.61 bits per heavy atom. The van der Waals surface area contributed by atoms with E-state index in [0.717, 1.165) is 12.8 Å². The summed E-state index contributed by atoms with van der Waals surface area (Å²) in [6, 6.07) is 14.2. The molecule has 3 unspecified atom stereocenters. The van der Waals surface area contributed by atoms with Crippen LogP contribution in [0.15, 0.2) is 53.3 Å². The number of carbonyl (C=O) groups is 1. The third-order valence-electron chi connectivity index (χ3n) is 5.97. The van der Waals surface area contributed by atoms with E-state index in [1.807, 2.05) is 6.07 Å². The molecule has 6 heteroatoms. The van der Waals surface area contributed by atoms with E-state index in [1.54, 1.807) is 42.5 Å². The highest BCUT2D eigenvalue weighted by Crippen LogP contribution is 2.29. The summed E-state index contributed by atoms with van der Waals surface area (Å²) in [6.45, 7) is 4.46. The fourth-order valence-corrected chi connectivity index (χ4v) is 3.95. The summed E-state index contributed by atoms with van der Waals surface area (Å²) < 4.78 is 1.26. The van der Waals surface area contributed by atoms with Crippen LogP contribution in [0.5, 0.6) is 0 Å². The molecule has 1 aliphatic carbocycles. The van der Waals surface area contributed by atoms with Gasteiger partial charge in [0.15, 0.2) is 0 Å². The maximum atomic E-state index is 12.7. The molecule has 1 aromatic heterocycles. The summed E-state index contributed by atoms with van der Waals surface area (Å²) in [6.07, 6.45) is 3.40. The van der Waals surface area contributed by atoms with Crippen LogP contribution >= 0.6 is 0 Å². The third-order valence-corrected chi connectivity index (χ3v) is 5.97. The smallest absolute Gasteiger partial charge is 0.282 e. The molecule has 0 bridgehead atoms. The molecule has 3 aromatic rings. The Hall–Kier alpha value is -3.02. The fourth-order valence-electron chi connectivity index (χ4n) is 3.95. The number of nitrogens with one attached hydrogen (secondary N) is 1. The standard InChI is InChI=1S/C22H24N4O2/c1-14-6-5-9-19(15(14)2)23-21(27)16-10-12-17(13-11-16)26-22(28)18-7-3-4-8-20(18)24-25-26/h3-4,7-8,10-15,19H,5-6,9H2,1-2H3,(H,23,27). The monoisotopic (exact) mass is 376 g/mol. The number of hydrogen-bond acceptors (Lipinski definition) is 4. The molecule has 4 rings (SSSR count). The van der Waals surface area contributed by atoms with Gasteiger partial charge in [0.05, 0.1) is 11.1 Å². The number of amides is 1. The van der Waals surface area contributed by atoms with Crippen molar-refractivity contribution in [2.24, 2.45) is 11.8 Å². The van der Waals surface area contributed by atoms with Crippen molar-refractivity contribution in [3.05, 3.63) is 64.4 Å². The highest BCUT2D eigenvalue weighted by atomic mass is 16.2. The Balaban J connectivity index is 1.55. The number of benzene rings is 2. The Morgan fingerprint density at radius 2 is 1.82 bits per heavy atom. The van der Waals surface area contributed by atoms with Crippen LogP contribution in [0.25, 0.3) is 16.6 Å². The molecule has 1 amide bonds. The van der Waals surface area contributed by atoms with E-state index in [4.69, 9.17) is 0 Å². The van der Waals surface area contributed by atoms with E-state index in [2.05, 4.69) is 29.5 Å². The number of rotatable bonds is 3. The van der Waals surface area contributed by atoms with Crippen LogP contribution in [-0.2, 0) is 0 Å². The van der Waals surface area contributed by atoms with Gasteiger partial charge in [0.1, 0.15) is 5.52 Å². The zero-order chi connectivity index (χ0) is 19.7. The number of hydrogen-bond donors (Lipinski definition) is 1. The highest BCUT2D eigenvalue weighted by molar-refractivity contribution is 5.94. The minimum absolute atomic E-state index is 0.0746. The predicted molar refractivity (Wildman–Crippen MR) is 109 cm³/mol. The normalized spacial score (nSPS) is 22.1. The third kappa shape index (κ3) is 3.42. The van der Waals surface area contributed by atoms with Crippen molar-refractivity contribution in [2.75, 3.05) is 0 Å². The topological polar surface area (TPSA) is 76.9 Å². The molecule has 144 valence electrons. The molecular weight excluding hydrogens is 352 g/mol. The van der Waals surface area contributed by atoms with Crippen molar-refractivity contribution in [1.29, 1.82) is 0 Å². The summed E-state index contributed by atoms with van der Waals surface area (Å²) in [4.78, 5) is 25.3. The Morgan fingerprint density at radius 1 is 1.07 bits per heavy atom. The van der Waals surface area contributed by atoms with Gasteiger partial charge in [-0.2, -0.15) is 4.68 Å². The van der Waals surface area contributed by atoms with Crippen molar-refractivity contribution in [3.8, 4) is 5.69 Å². The van der Waals surface area contributed by atoms with E-state index in [0.29, 0.717) is 34.0 Å². The van der Waals surface area contributed by atoms with E-state index in [1.165, 1.54) is 11.1 Å². The van der Waals surface area contributed by atoms with Gasteiger partial charge in [0, 0.05) is 11.6 Å². The van der Waals surface area contributed by atoms with Crippen LogP contribution in [0.3, 0.4) is 0 Å². The van der Waals surface area contributed by atoms with Crippen molar-refractivity contribution in [3.63, 3.8) is 0 Å². The summed E-state index contributed by atoms with van der Waals surface area (Å²) in [7, 11) is 0. The largest absolute Gasteiger partial charge is 0.349 e. The summed E-state index contributed by atoms with van der Waals surface area (Å²) in [5.74, 6) is 1.03. The van der Waals surface area contributed by atoms with Crippen LogP contribution in [0.1, 0.15) is 43.5 Å². The van der Waals surface area contributed by atoms with Crippen LogP contribution in [0, 0.1) is 11.8 Å². The quantitative estimate of drug-likeness (QED) is 0.761. The van der Waals surface area contributed by atoms with Gasteiger partial charge in [-0.1, -0.05) is 44.0 Å². The SMILES string of the molecule is CC1CCCC(NC(=O)c2ccc(-n3nnc4ccccc4c3=O)cc2)C1C. The van der Waals surface area contributed by atoms with Gasteiger partial charge < -0.3 is 5.32 Å². The van der Waals surface area contributed by atoms with Crippen LogP contribution in [0.4, 0.5) is 0 Å². The lowest BCUT2D eigenvalue weighted by Gasteiger charge is -2.34. The summed E-state index contributed by atoms with van der Waals surface area (Å²) in [5.41, 5.74) is 1.50. The molecular formula is C22H24N4O2. The average molecular weight is 376 g/mol. The number of aromatic nitrogens is 3. The molecule has 6 nitrogen and oxygen atoms in total. The number of fused-ring (bicyclic) bond motifs is 1. The molecule has 1 aliphatic rings. The second-order valence-corrected chi connectivity index (χ2v) is 7.72. The average Bonchev–Trinajstić information content (AvgIpc) is 2.72. The molecule has 0 aliphatic heterocycles. The lowest BCUT2D eigenvalue weighted by atomic mass is 9.78. The number of nitrogens with zero attached hydrogens (tertiary/aromatic N) is 3. The van der Waals surface area contributed by atoms with Gasteiger partial charge in [-0.05, 0) is 54.7 Å². The maximum absolute atomic E-state index is 12.7. The molecule has 0 saturated heterocycles. The van der Waals surface area contributed by atoms with Gasteiger partial charge in [-0.15, -0.1) is 5.10 Å². The Kier molecular flexibility index (Phi) is 4.94. The first kappa shape index (κ1) is 18.3. The van der Waals surface area contributed by atoms with Crippen LogP contribution in [0.2, 0.25) is 0 Å². The van der Waals surface area contributed by atoms with Gasteiger partial charge in [-0.25, -0.2) is 0 Å². The van der Waals surface area contributed by atoms with E-state index in [-0.39, 0.29) is 17.5 Å². The molecule has 1 heterocycles. The van der Waals surface area contributed by atoms with Crippen molar-refractivity contribution in [1.82, 2.24) is 20.3 Å². The Bertz CT molecular complexity index is 1060. The lowest BCUT2D eigenvalue weighted by Crippen LogP contribution is -2.43. The minimum Gasteiger partial charge on any atom is -0.349 e. The van der Waals surface area contributed by atoms with E-state index in [9.17, 15) is 9.59 Å². The van der Waals surface area contributed by atoms with Gasteiger partial charge in [-0.3, -0.25) is 9.59 Å². The first-order valence-corrected chi connectivity index (χ1v) is 9.80. The van der Waals surface area contributed by atoms with Crippen molar-refractivity contribution < 1.29 is 4.79 Å². The molecule has 0 spiro atoms. The number of carbonyl (C=O) groups excluding carboxylic acids is 1. The molecule has 1 saturated carbocycles. The minimum atomic E-state index is -0.229. The van der Waals surface area contributed by atoms with Crippen LogP contribution in [-0.4, -0.2) is 26.9 Å². The van der Waals surface area contributed by atoms with E-state index < -0.39 is 0 Å². The molecule has 2 aromatic carbocycles. The lowest BCUT2D eigenvalue weighted by molar-refractivity contribution is 0.0891. The van der Waals surface area contributed by atoms with Gasteiger partial charge in [0.2, 0.25) is 0 Å². The first-order chi connectivity index (χ1) is 13.5. The second-order valence-electron chi connectivity index (χ2n) is 7.72. The zero-order valence-corrected chi connectivity index (χ0v) is 16.1. The summed E-state index contributed by atoms with van der Waals surface area (Å²) in [5, 5.41) is 11.8. The molecule has 0 radical (unpaired) electrons. The molecule has 3 atom stereocenters. The van der Waals surface area contributed by atoms with E-state index >= 15 is 0 Å². The zero-order valence-electron chi connectivity index (χ0n) is 16.1. The molecule has 1 N–H and O–H groups in total. The van der Waals surface area contributed by atoms with Crippen LogP contribution < -0.4 is 10.9 Å². The summed E-state index contributed by atoms with van der Waals surface area (Å²) >= 11 is 0. The molecule has 28 heavy (non-hydrogen) atoms. The highest BCUT2D eigenvalue weighted by Gasteiger charge is 2.28. The van der Waals surface area contributed by atoms with Gasteiger partial charge in [0.25, 0.3) is 11.5 Å². The Labute approximate surface area is 163 Å². The molecule has 1 fully saturated rings. The maximum Gasteiger partial charge on any atom is 0.282 e. The second kappa shape index (κ2) is 7.54.